The van der Waals surface area contributed by atoms with Crippen LogP contribution in [0.1, 0.15) is 0 Å². The van der Waals surface area contributed by atoms with Crippen LogP contribution in [0.25, 0.3) is 0 Å². The SMILES string of the molecule is O=S.OB(O)O. The zero-order chi connectivity index (χ0) is 5.58. The van der Waals surface area contributed by atoms with Crippen molar-refractivity contribution in [3.05, 3.63) is 0 Å². The summed E-state index contributed by atoms with van der Waals surface area (Å²) >= 11 is 2.83. The third-order valence-electron chi connectivity index (χ3n) is 0. The van der Waals surface area contributed by atoms with Crippen LogP contribution in [0.3, 0.4) is 0 Å². The van der Waals surface area contributed by atoms with Crippen molar-refractivity contribution in [1.82, 2.24) is 0 Å². The Morgan fingerprint density at radius 2 is 1.17 bits per heavy atom. The van der Waals surface area contributed by atoms with E-state index in [0.717, 1.165) is 0 Å². The van der Waals surface area contributed by atoms with Crippen molar-refractivity contribution < 1.29 is 19.3 Å². The molecule has 6 heteroatoms. The molecule has 6 heavy (non-hydrogen) atoms. The second-order valence-electron chi connectivity index (χ2n) is 0.346. The van der Waals surface area contributed by atoms with Crippen LogP contribution < -0.4 is 0 Å². The third-order valence-corrected chi connectivity index (χ3v) is 0. The molecule has 0 aromatic rings. The Bertz CT molecular complexity index is 18.8. The summed E-state index contributed by atoms with van der Waals surface area (Å²) in [7, 11) is -2.17. The van der Waals surface area contributed by atoms with Crippen LogP contribution in [-0.2, 0) is 12.5 Å². The van der Waals surface area contributed by atoms with Crippen molar-refractivity contribution in [2.45, 2.75) is 0 Å². The fourth-order valence-corrected chi connectivity index (χ4v) is 0. The van der Waals surface area contributed by atoms with Gasteiger partial charge in [0.2, 0.25) is 0 Å². The van der Waals surface area contributed by atoms with Gasteiger partial charge in [-0.3, -0.25) is 0 Å². The molecule has 0 rings (SSSR count). The Kier molecular flexibility index (Phi) is 13.8. The van der Waals surface area contributed by atoms with E-state index < -0.39 is 7.32 Å². The molecule has 0 aliphatic carbocycles. The van der Waals surface area contributed by atoms with Gasteiger partial charge in [-0.25, -0.2) is 0 Å². The van der Waals surface area contributed by atoms with Gasteiger partial charge in [0.15, 0.2) is 12.5 Å². The zero-order valence-electron chi connectivity index (χ0n) is 2.74. The van der Waals surface area contributed by atoms with Crippen LogP contribution in [0, 0.1) is 0 Å². The molecule has 0 spiro atoms. The molecule has 36 valence electrons. The van der Waals surface area contributed by atoms with E-state index in [0.29, 0.717) is 0 Å². The zero-order valence-corrected chi connectivity index (χ0v) is 3.55. The predicted molar refractivity (Wildman–Crippen MR) is 20.6 cm³/mol. The summed E-state index contributed by atoms with van der Waals surface area (Å²) < 4.78 is 7.83. The van der Waals surface area contributed by atoms with Crippen LogP contribution in [0.2, 0.25) is 0 Å². The molecule has 0 atom stereocenters. The number of hydrogen-bond donors (Lipinski definition) is 3. The molecular formula is H3BO4S. The molecule has 0 unspecified atom stereocenters. The average molecular weight is 110 g/mol. The summed E-state index contributed by atoms with van der Waals surface area (Å²) in [5, 5.41) is 21.5. The molecule has 0 saturated carbocycles. The highest BCUT2D eigenvalue weighted by Gasteiger charge is 1.92. The first-order valence-corrected chi connectivity index (χ1v) is 1.27. The van der Waals surface area contributed by atoms with Gasteiger partial charge in [-0.1, -0.05) is 0 Å². The smallest absolute Gasteiger partial charge is 0.402 e. The Morgan fingerprint density at radius 1 is 1.17 bits per heavy atom. The highest BCUT2D eigenvalue weighted by atomic mass is 32.1. The van der Waals surface area contributed by atoms with Crippen molar-refractivity contribution in [2.75, 3.05) is 0 Å². The number of rotatable bonds is 0. The maximum Gasteiger partial charge on any atom is 0.631 e. The van der Waals surface area contributed by atoms with Crippen molar-refractivity contribution in [3.8, 4) is 0 Å². The lowest BCUT2D eigenvalue weighted by Gasteiger charge is -1.69. The van der Waals surface area contributed by atoms with E-state index in [2.05, 4.69) is 12.5 Å². The molecule has 0 bridgehead atoms. The molecule has 0 aromatic heterocycles. The Balaban J connectivity index is 0. The van der Waals surface area contributed by atoms with Crippen molar-refractivity contribution in [3.63, 3.8) is 0 Å². The van der Waals surface area contributed by atoms with Crippen LogP contribution >= 0.6 is 0 Å². The number of hydrogen-bond acceptors (Lipinski definition) is 5. The van der Waals surface area contributed by atoms with Gasteiger partial charge in [-0.15, -0.1) is 0 Å². The lowest BCUT2D eigenvalue weighted by molar-refractivity contribution is 0.278. The maximum absolute atomic E-state index is 7.83. The molecule has 0 radical (unpaired) electrons. The highest BCUT2D eigenvalue weighted by Crippen LogP contribution is 1.40. The van der Waals surface area contributed by atoms with Gasteiger partial charge >= 0.3 is 7.32 Å². The molecule has 3 N–H and O–H groups in total. The molecule has 0 heterocycles. The molecule has 0 fully saturated rings. The maximum atomic E-state index is 7.83. The van der Waals surface area contributed by atoms with Gasteiger partial charge in [0.25, 0.3) is 0 Å². The van der Waals surface area contributed by atoms with Gasteiger partial charge in [0.1, 0.15) is 0 Å². The summed E-state index contributed by atoms with van der Waals surface area (Å²) in [6, 6.07) is 0. The van der Waals surface area contributed by atoms with Gasteiger partial charge in [0, 0.05) is 0 Å². The molecule has 0 aromatic carbocycles. The first-order valence-electron chi connectivity index (χ1n) is 0.941. The molecule has 0 aliphatic heterocycles. The van der Waals surface area contributed by atoms with E-state index in [4.69, 9.17) is 19.3 Å². The second-order valence-corrected chi connectivity index (χ2v) is 0.346. The molecule has 0 aliphatic rings. The molecule has 4 nitrogen and oxygen atoms in total. The van der Waals surface area contributed by atoms with E-state index in [-0.39, 0.29) is 0 Å². The van der Waals surface area contributed by atoms with Crippen molar-refractivity contribution in [2.24, 2.45) is 0 Å². The average Bonchev–Trinajstić information content (AvgIpc) is 1.41. The molecular weight excluding hydrogens is 107 g/mol. The first-order chi connectivity index (χ1) is 2.73. The summed E-state index contributed by atoms with van der Waals surface area (Å²) in [6.07, 6.45) is 0. The topological polar surface area (TPSA) is 77.8 Å². The first kappa shape index (κ1) is 9.35. The third kappa shape index (κ3) is 28300. The summed E-state index contributed by atoms with van der Waals surface area (Å²) in [4.78, 5) is 0. The minimum atomic E-state index is -2.17. The molecule has 0 saturated heterocycles. The van der Waals surface area contributed by atoms with Gasteiger partial charge in [-0.2, -0.15) is 4.21 Å². The minimum absolute atomic E-state index is 2.17. The van der Waals surface area contributed by atoms with Crippen LogP contribution in [0.5, 0.6) is 0 Å². The minimum Gasteiger partial charge on any atom is -0.402 e. The molecule has 0 amide bonds. The van der Waals surface area contributed by atoms with Crippen molar-refractivity contribution in [1.29, 1.82) is 0 Å². The standard InChI is InChI=1S/BH3O3.OS/c2-1(3)4;1-2/h2-4H;. The Morgan fingerprint density at radius 3 is 1.17 bits per heavy atom. The van der Waals surface area contributed by atoms with Crippen LogP contribution in [0.4, 0.5) is 0 Å². The largest absolute Gasteiger partial charge is 0.631 e. The van der Waals surface area contributed by atoms with Gasteiger partial charge in [-0.05, 0) is 0 Å². The van der Waals surface area contributed by atoms with E-state index in [1.807, 2.05) is 0 Å². The fraction of sp³-hybridized carbons (Fsp3) is 0. The normalized spacial score (nSPS) is 5.17. The second kappa shape index (κ2) is 8.88. The van der Waals surface area contributed by atoms with Gasteiger partial charge in [0.05, 0.1) is 0 Å². The predicted octanol–water partition coefficient (Wildman–Crippen LogP) is -2.39. The lowest BCUT2D eigenvalue weighted by atomic mass is 10.3. The summed E-state index contributed by atoms with van der Waals surface area (Å²) in [6.45, 7) is 0. The summed E-state index contributed by atoms with van der Waals surface area (Å²) in [5.41, 5.74) is 0. The van der Waals surface area contributed by atoms with Crippen LogP contribution in [-0.4, -0.2) is 26.6 Å². The fourth-order valence-electron chi connectivity index (χ4n) is 0. The quantitative estimate of drug-likeness (QED) is 0.303. The monoisotopic (exact) mass is 110 g/mol. The van der Waals surface area contributed by atoms with E-state index in [1.165, 1.54) is 0 Å². The van der Waals surface area contributed by atoms with E-state index >= 15 is 0 Å². The lowest BCUT2D eigenvalue weighted by Crippen LogP contribution is -2.07. The summed E-state index contributed by atoms with van der Waals surface area (Å²) in [5.74, 6) is 0. The highest BCUT2D eigenvalue weighted by molar-refractivity contribution is 7.44. The Hall–Kier alpha value is -0.0351. The van der Waals surface area contributed by atoms with E-state index in [9.17, 15) is 0 Å². The van der Waals surface area contributed by atoms with E-state index in [1.54, 1.807) is 0 Å². The van der Waals surface area contributed by atoms with Crippen LogP contribution in [0.15, 0.2) is 0 Å². The Labute approximate surface area is 40.1 Å². The van der Waals surface area contributed by atoms with Gasteiger partial charge < -0.3 is 15.1 Å². The van der Waals surface area contributed by atoms with Crippen molar-refractivity contribution >= 4 is 19.9 Å².